The summed E-state index contributed by atoms with van der Waals surface area (Å²) < 4.78 is 0. The number of amides is 1. The van der Waals surface area contributed by atoms with Crippen LogP contribution in [-0.2, 0) is 0 Å². The van der Waals surface area contributed by atoms with E-state index < -0.39 is 0 Å². The number of rotatable bonds is 1. The molecule has 0 unspecified atom stereocenters. The molecule has 1 fully saturated rings. The fourth-order valence-electron chi connectivity index (χ4n) is 2.60. The summed E-state index contributed by atoms with van der Waals surface area (Å²) in [7, 11) is 0. The van der Waals surface area contributed by atoms with Crippen LogP contribution in [0.25, 0.3) is 0 Å². The molecule has 1 aromatic rings. The minimum Gasteiger partial charge on any atom is -0.354 e. The van der Waals surface area contributed by atoms with Gasteiger partial charge in [0.05, 0.1) is 0 Å². The van der Waals surface area contributed by atoms with Gasteiger partial charge in [0.15, 0.2) is 0 Å². The van der Waals surface area contributed by atoms with Crippen LogP contribution < -0.4 is 5.32 Å². The lowest BCUT2D eigenvalue weighted by Crippen LogP contribution is -2.56. The predicted molar refractivity (Wildman–Crippen MR) is 68.2 cm³/mol. The Morgan fingerprint density at radius 3 is 2.35 bits per heavy atom. The first kappa shape index (κ1) is 12.2. The maximum atomic E-state index is 12.4. The number of carbonyl (C=O) groups is 1. The van der Waals surface area contributed by atoms with Crippen LogP contribution in [0, 0.1) is 13.8 Å². The molecular formula is C13H21N3O. The zero-order chi connectivity index (χ0) is 12.6. The van der Waals surface area contributed by atoms with E-state index in [-0.39, 0.29) is 5.91 Å². The molecular weight excluding hydrogens is 214 g/mol. The maximum Gasteiger partial charge on any atom is 0.270 e. The number of carbonyl (C=O) groups excluding carboxylic acids is 1. The highest BCUT2D eigenvalue weighted by molar-refractivity contribution is 5.94. The van der Waals surface area contributed by atoms with Gasteiger partial charge in [0, 0.05) is 30.9 Å². The SMILES string of the molecule is Cc1cc(C)c(C(=O)N2C[C@@H](C)N[C@@H](C)C2)[nH]1. The molecule has 1 aliphatic heterocycles. The fraction of sp³-hybridized carbons (Fsp3) is 0.615. The Balaban J connectivity index is 2.17. The van der Waals surface area contributed by atoms with E-state index in [4.69, 9.17) is 0 Å². The summed E-state index contributed by atoms with van der Waals surface area (Å²) in [4.78, 5) is 17.5. The van der Waals surface area contributed by atoms with Crippen molar-refractivity contribution in [1.29, 1.82) is 0 Å². The Morgan fingerprint density at radius 2 is 1.88 bits per heavy atom. The number of H-pyrrole nitrogens is 1. The van der Waals surface area contributed by atoms with Crippen molar-refractivity contribution in [3.8, 4) is 0 Å². The largest absolute Gasteiger partial charge is 0.354 e. The van der Waals surface area contributed by atoms with Gasteiger partial charge >= 0.3 is 0 Å². The lowest BCUT2D eigenvalue weighted by Gasteiger charge is -2.36. The summed E-state index contributed by atoms with van der Waals surface area (Å²) in [5.74, 6) is 0.121. The van der Waals surface area contributed by atoms with Gasteiger partial charge in [-0.1, -0.05) is 0 Å². The zero-order valence-corrected chi connectivity index (χ0v) is 11.0. The van der Waals surface area contributed by atoms with Crippen LogP contribution >= 0.6 is 0 Å². The normalized spacial score (nSPS) is 25.1. The fourth-order valence-corrected chi connectivity index (χ4v) is 2.60. The molecule has 2 rings (SSSR count). The minimum absolute atomic E-state index is 0.121. The second-order valence-corrected chi connectivity index (χ2v) is 5.19. The van der Waals surface area contributed by atoms with Crippen LogP contribution in [0.1, 0.15) is 35.6 Å². The molecule has 0 bridgehead atoms. The summed E-state index contributed by atoms with van der Waals surface area (Å²) in [6.45, 7) is 9.74. The molecule has 4 heteroatoms. The first-order chi connectivity index (χ1) is 7.97. The molecule has 0 aromatic carbocycles. The molecule has 4 nitrogen and oxygen atoms in total. The molecule has 17 heavy (non-hydrogen) atoms. The third-order valence-corrected chi connectivity index (χ3v) is 3.21. The molecule has 2 heterocycles. The Bertz CT molecular complexity index is 414. The third-order valence-electron chi connectivity index (χ3n) is 3.21. The number of hydrogen-bond donors (Lipinski definition) is 2. The monoisotopic (exact) mass is 235 g/mol. The van der Waals surface area contributed by atoms with Crippen molar-refractivity contribution < 1.29 is 4.79 Å². The number of aromatic nitrogens is 1. The number of piperazine rings is 1. The van der Waals surface area contributed by atoms with E-state index in [9.17, 15) is 4.79 Å². The highest BCUT2D eigenvalue weighted by atomic mass is 16.2. The lowest BCUT2D eigenvalue weighted by molar-refractivity contribution is 0.0667. The van der Waals surface area contributed by atoms with E-state index in [1.807, 2.05) is 24.8 Å². The van der Waals surface area contributed by atoms with Gasteiger partial charge in [0.25, 0.3) is 5.91 Å². The van der Waals surface area contributed by atoms with Gasteiger partial charge in [-0.25, -0.2) is 0 Å². The van der Waals surface area contributed by atoms with Crippen molar-refractivity contribution in [2.75, 3.05) is 13.1 Å². The number of hydrogen-bond acceptors (Lipinski definition) is 2. The van der Waals surface area contributed by atoms with E-state index >= 15 is 0 Å². The summed E-state index contributed by atoms with van der Waals surface area (Å²) in [5, 5.41) is 3.43. The van der Waals surface area contributed by atoms with Crippen LogP contribution in [-0.4, -0.2) is 41.0 Å². The Kier molecular flexibility index (Phi) is 3.24. The molecule has 1 aliphatic rings. The van der Waals surface area contributed by atoms with Crippen molar-refractivity contribution in [3.05, 3.63) is 23.0 Å². The average Bonchev–Trinajstić information content (AvgIpc) is 2.55. The first-order valence-corrected chi connectivity index (χ1v) is 6.19. The van der Waals surface area contributed by atoms with E-state index in [0.717, 1.165) is 30.0 Å². The highest BCUT2D eigenvalue weighted by Gasteiger charge is 2.26. The van der Waals surface area contributed by atoms with E-state index in [1.165, 1.54) is 0 Å². The number of nitrogens with zero attached hydrogens (tertiary/aromatic N) is 1. The van der Waals surface area contributed by atoms with Crippen LogP contribution in [0.15, 0.2) is 6.07 Å². The minimum atomic E-state index is 0.121. The van der Waals surface area contributed by atoms with Gasteiger partial charge in [-0.15, -0.1) is 0 Å². The average molecular weight is 235 g/mol. The lowest BCUT2D eigenvalue weighted by atomic mass is 10.1. The van der Waals surface area contributed by atoms with Crippen molar-refractivity contribution in [1.82, 2.24) is 15.2 Å². The van der Waals surface area contributed by atoms with Crippen molar-refractivity contribution in [2.45, 2.75) is 39.8 Å². The molecule has 94 valence electrons. The molecule has 2 atom stereocenters. The van der Waals surface area contributed by atoms with Crippen LogP contribution in [0.3, 0.4) is 0 Å². The third kappa shape index (κ3) is 2.52. The maximum absolute atomic E-state index is 12.4. The standard InChI is InChI=1S/C13H21N3O/c1-8-5-9(2)15-12(8)13(17)16-6-10(3)14-11(4)7-16/h5,10-11,14-15H,6-7H2,1-4H3/t10-,11+. The Labute approximate surface area is 102 Å². The van der Waals surface area contributed by atoms with Gasteiger partial charge in [0.1, 0.15) is 5.69 Å². The Hall–Kier alpha value is -1.29. The zero-order valence-electron chi connectivity index (χ0n) is 11.0. The number of aryl methyl sites for hydroxylation is 2. The molecule has 0 aliphatic carbocycles. The summed E-state index contributed by atoms with van der Waals surface area (Å²) in [6, 6.07) is 2.74. The molecule has 2 N–H and O–H groups in total. The van der Waals surface area contributed by atoms with Crippen molar-refractivity contribution in [2.24, 2.45) is 0 Å². The summed E-state index contributed by atoms with van der Waals surface area (Å²) in [6.07, 6.45) is 0. The van der Waals surface area contributed by atoms with Gasteiger partial charge in [-0.3, -0.25) is 4.79 Å². The quantitative estimate of drug-likeness (QED) is 0.774. The predicted octanol–water partition coefficient (Wildman–Crippen LogP) is 1.45. The van der Waals surface area contributed by atoms with Crippen molar-refractivity contribution >= 4 is 5.91 Å². The van der Waals surface area contributed by atoms with Crippen LogP contribution in [0.4, 0.5) is 0 Å². The first-order valence-electron chi connectivity index (χ1n) is 6.19. The molecule has 1 saturated heterocycles. The van der Waals surface area contributed by atoms with E-state index in [0.29, 0.717) is 12.1 Å². The smallest absolute Gasteiger partial charge is 0.270 e. The van der Waals surface area contributed by atoms with Gasteiger partial charge < -0.3 is 15.2 Å². The van der Waals surface area contributed by atoms with E-state index in [2.05, 4.69) is 24.1 Å². The molecule has 0 radical (unpaired) electrons. The Morgan fingerprint density at radius 1 is 1.29 bits per heavy atom. The van der Waals surface area contributed by atoms with Gasteiger partial charge in [-0.05, 0) is 39.3 Å². The van der Waals surface area contributed by atoms with Crippen LogP contribution in [0.5, 0.6) is 0 Å². The molecule has 1 amide bonds. The molecule has 0 spiro atoms. The van der Waals surface area contributed by atoms with E-state index in [1.54, 1.807) is 0 Å². The van der Waals surface area contributed by atoms with Gasteiger partial charge in [-0.2, -0.15) is 0 Å². The summed E-state index contributed by atoms with van der Waals surface area (Å²) >= 11 is 0. The topological polar surface area (TPSA) is 48.1 Å². The van der Waals surface area contributed by atoms with Crippen molar-refractivity contribution in [3.63, 3.8) is 0 Å². The van der Waals surface area contributed by atoms with Gasteiger partial charge in [0.2, 0.25) is 0 Å². The second-order valence-electron chi connectivity index (χ2n) is 5.19. The highest BCUT2D eigenvalue weighted by Crippen LogP contribution is 2.14. The second kappa shape index (κ2) is 4.53. The molecule has 0 saturated carbocycles. The molecule has 1 aromatic heterocycles. The number of nitrogens with one attached hydrogen (secondary N) is 2. The van der Waals surface area contributed by atoms with Crippen LogP contribution in [0.2, 0.25) is 0 Å². The summed E-state index contributed by atoms with van der Waals surface area (Å²) in [5.41, 5.74) is 2.82. The number of aromatic amines is 1.